The van der Waals surface area contributed by atoms with E-state index in [1.54, 1.807) is 0 Å². The van der Waals surface area contributed by atoms with Crippen molar-refractivity contribution in [3.63, 3.8) is 0 Å². The van der Waals surface area contributed by atoms with Crippen LogP contribution in [0.4, 0.5) is 17.1 Å². The van der Waals surface area contributed by atoms with Crippen molar-refractivity contribution in [2.24, 2.45) is 0 Å². The molecule has 48 heavy (non-hydrogen) atoms. The zero-order chi connectivity index (χ0) is 33.3. The number of para-hydroxylation sites is 2. The largest absolute Gasteiger partial charge is 2.00 e. The molecule has 0 saturated carbocycles. The molecule has 0 radical (unpaired) electrons. The van der Waals surface area contributed by atoms with E-state index in [2.05, 4.69) is 156 Å². The number of ether oxygens (including phenoxy) is 1. The Morgan fingerprint density at radius 3 is 2.04 bits per heavy atom. The fourth-order valence-corrected chi connectivity index (χ4v) is 6.46. The first-order valence-corrected chi connectivity index (χ1v) is 16.5. The topological polar surface area (TPSA) is 33.5 Å². The van der Waals surface area contributed by atoms with E-state index in [1.165, 1.54) is 27.9 Å². The van der Waals surface area contributed by atoms with Crippen molar-refractivity contribution in [2.75, 3.05) is 16.5 Å². The summed E-state index contributed by atoms with van der Waals surface area (Å²) >= 11 is 0. The number of nitrogens with zero attached hydrogens (tertiary/aromatic N) is 4. The third kappa shape index (κ3) is 6.14. The van der Waals surface area contributed by atoms with Gasteiger partial charge in [-0.3, -0.25) is 0 Å². The SMILES string of the molecule is CC(C)(C)c1ccnc(-n2c3[c-]c(Oc4[c-]c(N5CN(C(C)(C)C)c6ccccc65)ccc4)ccc3c3ccc(C(C)(C)C)cc32)c1.[Pt+2]. The van der Waals surface area contributed by atoms with Crippen LogP contribution in [0.15, 0.2) is 91.1 Å². The molecule has 3 heterocycles. The minimum atomic E-state index is -0.0172. The Morgan fingerprint density at radius 2 is 1.33 bits per heavy atom. The second kappa shape index (κ2) is 12.1. The summed E-state index contributed by atoms with van der Waals surface area (Å²) in [5.41, 5.74) is 7.91. The van der Waals surface area contributed by atoms with Gasteiger partial charge in [0.2, 0.25) is 0 Å². The second-order valence-electron chi connectivity index (χ2n) is 15.7. The van der Waals surface area contributed by atoms with E-state index in [4.69, 9.17) is 9.72 Å². The average molecular weight is 816 g/mol. The maximum Gasteiger partial charge on any atom is 2.00 e. The van der Waals surface area contributed by atoms with Gasteiger partial charge in [0, 0.05) is 28.8 Å². The number of hydrogen-bond acceptors (Lipinski definition) is 4. The summed E-state index contributed by atoms with van der Waals surface area (Å²) in [5, 5.41) is 2.29. The van der Waals surface area contributed by atoms with Gasteiger partial charge in [-0.2, -0.15) is 12.1 Å². The number of hydrogen-bond donors (Lipinski definition) is 0. The Labute approximate surface area is 299 Å². The Balaban J connectivity index is 0.00000401. The Kier molecular flexibility index (Phi) is 8.53. The molecule has 248 valence electrons. The van der Waals surface area contributed by atoms with Gasteiger partial charge in [-0.05, 0) is 78.4 Å². The maximum atomic E-state index is 6.53. The molecule has 5 nitrogen and oxygen atoms in total. The summed E-state index contributed by atoms with van der Waals surface area (Å²) in [7, 11) is 0. The predicted octanol–water partition coefficient (Wildman–Crippen LogP) is 10.9. The molecule has 0 amide bonds. The number of benzene rings is 4. The number of rotatable bonds is 4. The summed E-state index contributed by atoms with van der Waals surface area (Å²) in [4.78, 5) is 9.62. The van der Waals surface area contributed by atoms with Crippen LogP contribution in [0.25, 0.3) is 27.6 Å². The van der Waals surface area contributed by atoms with E-state index in [1.807, 2.05) is 24.4 Å². The predicted molar refractivity (Wildman–Crippen MR) is 196 cm³/mol. The van der Waals surface area contributed by atoms with E-state index in [0.29, 0.717) is 11.5 Å². The molecule has 7 rings (SSSR count). The van der Waals surface area contributed by atoms with E-state index in [-0.39, 0.29) is 37.4 Å². The van der Waals surface area contributed by atoms with Crippen LogP contribution in [0.5, 0.6) is 11.5 Å². The van der Waals surface area contributed by atoms with Gasteiger partial charge in [0.05, 0.1) is 18.0 Å². The molecule has 0 atom stereocenters. The van der Waals surface area contributed by atoms with Gasteiger partial charge >= 0.3 is 21.1 Å². The van der Waals surface area contributed by atoms with Gasteiger partial charge in [-0.1, -0.05) is 77.0 Å². The van der Waals surface area contributed by atoms with Gasteiger partial charge < -0.3 is 19.1 Å². The summed E-state index contributed by atoms with van der Waals surface area (Å²) in [6, 6.07) is 37.1. The zero-order valence-electron chi connectivity index (χ0n) is 29.4. The summed E-state index contributed by atoms with van der Waals surface area (Å²) in [6.07, 6.45) is 1.92. The Bertz CT molecular complexity index is 2130. The van der Waals surface area contributed by atoms with Gasteiger partial charge in [-0.25, -0.2) is 4.98 Å². The molecule has 4 aromatic carbocycles. The molecule has 1 aliphatic rings. The summed E-state index contributed by atoms with van der Waals surface area (Å²) < 4.78 is 8.77. The third-order valence-electron chi connectivity index (χ3n) is 9.18. The molecule has 6 heteroatoms. The van der Waals surface area contributed by atoms with E-state index >= 15 is 0 Å². The standard InChI is InChI=1S/C42H44N4O.Pt/c1-40(2,3)28-17-19-33-34-20-18-32(26-38(34)46(37(33)23-28)39-24-29(21-22-43-39)41(4,5)6)47-31-14-12-13-30(25-31)44-27-45(42(7,8)9)36-16-11-10-15-35(36)44;/h10-24H,27H2,1-9H3;/q-2;+2. The fraction of sp³-hybridized carbons (Fsp3) is 0.310. The first kappa shape index (κ1) is 33.8. The van der Waals surface area contributed by atoms with Crippen LogP contribution >= 0.6 is 0 Å². The van der Waals surface area contributed by atoms with Gasteiger partial charge in [0.15, 0.2) is 0 Å². The first-order valence-electron chi connectivity index (χ1n) is 16.5. The minimum absolute atomic E-state index is 0. The van der Waals surface area contributed by atoms with Crippen LogP contribution in [-0.2, 0) is 31.9 Å². The molecule has 0 unspecified atom stereocenters. The Morgan fingerprint density at radius 1 is 0.667 bits per heavy atom. The fourth-order valence-electron chi connectivity index (χ4n) is 6.46. The monoisotopic (exact) mass is 815 g/mol. The molecule has 0 fully saturated rings. The normalized spacial score (nSPS) is 13.6. The van der Waals surface area contributed by atoms with E-state index in [0.717, 1.165) is 34.6 Å². The summed E-state index contributed by atoms with van der Waals surface area (Å²) in [6.45, 7) is 21.0. The van der Waals surface area contributed by atoms with Crippen LogP contribution in [-0.4, -0.2) is 21.8 Å². The van der Waals surface area contributed by atoms with Crippen LogP contribution in [0, 0.1) is 12.1 Å². The molecule has 2 aromatic heterocycles. The van der Waals surface area contributed by atoms with Crippen molar-refractivity contribution in [3.8, 4) is 17.3 Å². The quantitative estimate of drug-likeness (QED) is 0.166. The molecule has 0 aliphatic carbocycles. The molecule has 0 spiro atoms. The zero-order valence-corrected chi connectivity index (χ0v) is 31.7. The van der Waals surface area contributed by atoms with Crippen LogP contribution in [0.2, 0.25) is 0 Å². The van der Waals surface area contributed by atoms with Crippen molar-refractivity contribution in [1.82, 2.24) is 9.55 Å². The number of pyridine rings is 1. The smallest absolute Gasteiger partial charge is 0.509 e. The molecule has 0 N–H and O–H groups in total. The third-order valence-corrected chi connectivity index (χ3v) is 9.18. The van der Waals surface area contributed by atoms with Gasteiger partial charge in [0.25, 0.3) is 0 Å². The van der Waals surface area contributed by atoms with Crippen LogP contribution in [0.3, 0.4) is 0 Å². The van der Waals surface area contributed by atoms with Crippen molar-refractivity contribution >= 4 is 38.9 Å². The number of anilines is 3. The molecule has 6 aromatic rings. The van der Waals surface area contributed by atoms with Crippen molar-refractivity contribution < 1.29 is 25.8 Å². The van der Waals surface area contributed by atoms with E-state index < -0.39 is 0 Å². The number of fused-ring (bicyclic) bond motifs is 4. The average Bonchev–Trinajstić information content (AvgIpc) is 3.56. The molecule has 0 saturated heterocycles. The minimum Gasteiger partial charge on any atom is -0.509 e. The number of aromatic nitrogens is 2. The second-order valence-corrected chi connectivity index (χ2v) is 15.7. The van der Waals surface area contributed by atoms with Crippen LogP contribution < -0.4 is 14.5 Å². The molecule has 0 bridgehead atoms. The van der Waals surface area contributed by atoms with Gasteiger partial charge in [0.1, 0.15) is 5.82 Å². The van der Waals surface area contributed by atoms with E-state index in [9.17, 15) is 0 Å². The molecular formula is C42H44N4OPt. The van der Waals surface area contributed by atoms with Gasteiger partial charge in [-0.15, -0.1) is 35.7 Å². The van der Waals surface area contributed by atoms with Crippen molar-refractivity contribution in [1.29, 1.82) is 0 Å². The maximum absolute atomic E-state index is 6.53. The first-order chi connectivity index (χ1) is 22.2. The van der Waals surface area contributed by atoms with Crippen molar-refractivity contribution in [2.45, 2.75) is 78.7 Å². The molecule has 1 aliphatic heterocycles. The summed E-state index contributed by atoms with van der Waals surface area (Å²) in [5.74, 6) is 2.16. The Hall–Kier alpha value is -4.08. The molecular weight excluding hydrogens is 772 g/mol. The van der Waals surface area contributed by atoms with Crippen molar-refractivity contribution in [3.05, 3.63) is 114 Å². The van der Waals surface area contributed by atoms with Crippen LogP contribution in [0.1, 0.15) is 73.4 Å².